The highest BCUT2D eigenvalue weighted by atomic mass is 32.1. The highest BCUT2D eigenvalue weighted by Gasteiger charge is 2.49. The molecule has 0 saturated carbocycles. The second-order valence-corrected chi connectivity index (χ2v) is 7.12. The number of carbonyl (C=O) groups excluding carboxylic acids is 2. The topological polar surface area (TPSA) is 78.9 Å². The smallest absolute Gasteiger partial charge is 0.325 e. The summed E-state index contributed by atoms with van der Waals surface area (Å²) < 4.78 is 5.45. The summed E-state index contributed by atoms with van der Waals surface area (Å²) in [6, 6.07) is 12.4. The molecule has 3 amide bonds. The quantitative estimate of drug-likeness (QED) is 0.741. The Labute approximate surface area is 150 Å². The summed E-state index contributed by atoms with van der Waals surface area (Å²) >= 11 is 1.57. The van der Waals surface area contributed by atoms with E-state index in [4.69, 9.17) is 4.74 Å². The van der Waals surface area contributed by atoms with Gasteiger partial charge in [0.25, 0.3) is 5.91 Å². The number of rotatable bonds is 7. The van der Waals surface area contributed by atoms with Crippen molar-refractivity contribution >= 4 is 23.3 Å². The van der Waals surface area contributed by atoms with Crippen molar-refractivity contribution in [1.82, 2.24) is 10.2 Å². The van der Waals surface area contributed by atoms with Crippen molar-refractivity contribution in [1.29, 1.82) is 0 Å². The highest BCUT2D eigenvalue weighted by molar-refractivity contribution is 7.09. The number of β-amino-alcohol motifs (C(OH)–C–C–N with tert-alkyl or cyclic N) is 1. The van der Waals surface area contributed by atoms with Crippen molar-refractivity contribution in [2.75, 3.05) is 13.2 Å². The minimum Gasteiger partial charge on any atom is -0.389 e. The van der Waals surface area contributed by atoms with Crippen LogP contribution in [0.2, 0.25) is 0 Å². The van der Waals surface area contributed by atoms with E-state index in [2.05, 4.69) is 5.32 Å². The number of aliphatic hydroxyl groups excluding tert-OH is 1. The van der Waals surface area contributed by atoms with Crippen LogP contribution in [0.3, 0.4) is 0 Å². The molecule has 1 aliphatic heterocycles. The van der Waals surface area contributed by atoms with Crippen LogP contribution in [-0.4, -0.2) is 41.2 Å². The number of imide groups is 1. The fraction of sp³-hybridized carbons (Fsp3) is 0.333. The molecule has 2 unspecified atom stereocenters. The molecule has 0 radical (unpaired) electrons. The first-order valence-electron chi connectivity index (χ1n) is 7.98. The fourth-order valence-electron chi connectivity index (χ4n) is 2.78. The summed E-state index contributed by atoms with van der Waals surface area (Å²) in [5.74, 6) is -0.374. The number of urea groups is 1. The van der Waals surface area contributed by atoms with Crippen LogP contribution in [0.15, 0.2) is 47.8 Å². The molecular formula is C18H20N2O4S. The van der Waals surface area contributed by atoms with Gasteiger partial charge in [-0.2, -0.15) is 0 Å². The lowest BCUT2D eigenvalue weighted by molar-refractivity contribution is -0.132. The molecule has 3 rings (SSSR count). The van der Waals surface area contributed by atoms with Crippen molar-refractivity contribution in [3.05, 3.63) is 58.3 Å². The minimum atomic E-state index is -1.12. The Morgan fingerprint density at radius 2 is 2.00 bits per heavy atom. The summed E-state index contributed by atoms with van der Waals surface area (Å²) in [6.45, 7) is 2.02. The van der Waals surface area contributed by atoms with Gasteiger partial charge in [-0.1, -0.05) is 36.4 Å². The molecule has 25 heavy (non-hydrogen) atoms. The fourth-order valence-corrected chi connectivity index (χ4v) is 3.42. The average molecular weight is 360 g/mol. The van der Waals surface area contributed by atoms with Gasteiger partial charge in [-0.05, 0) is 23.9 Å². The molecule has 0 aliphatic carbocycles. The predicted octanol–water partition coefficient (Wildman–Crippen LogP) is 2.09. The SMILES string of the molecule is CC1(c2ccccc2)NC(=O)N(CC(O)COCc2cccs2)C1=O. The lowest BCUT2D eigenvalue weighted by Gasteiger charge is -2.23. The molecule has 1 aliphatic rings. The number of hydrogen-bond acceptors (Lipinski definition) is 5. The lowest BCUT2D eigenvalue weighted by atomic mass is 9.92. The summed E-state index contributed by atoms with van der Waals surface area (Å²) in [5, 5.41) is 14.8. The Morgan fingerprint density at radius 1 is 1.24 bits per heavy atom. The maximum atomic E-state index is 12.7. The summed E-state index contributed by atoms with van der Waals surface area (Å²) in [5.41, 5.74) is -0.408. The number of aliphatic hydroxyl groups is 1. The molecule has 1 aromatic carbocycles. The van der Waals surface area contributed by atoms with Crippen LogP contribution in [0.5, 0.6) is 0 Å². The van der Waals surface area contributed by atoms with Gasteiger partial charge in [0.2, 0.25) is 0 Å². The molecule has 2 N–H and O–H groups in total. The van der Waals surface area contributed by atoms with Crippen molar-refractivity contribution in [3.63, 3.8) is 0 Å². The van der Waals surface area contributed by atoms with Crippen LogP contribution in [0.1, 0.15) is 17.4 Å². The van der Waals surface area contributed by atoms with E-state index in [-0.39, 0.29) is 19.1 Å². The molecule has 2 heterocycles. The zero-order valence-electron chi connectivity index (χ0n) is 13.8. The van der Waals surface area contributed by atoms with Gasteiger partial charge in [0.15, 0.2) is 0 Å². The van der Waals surface area contributed by atoms with Gasteiger partial charge >= 0.3 is 6.03 Å². The average Bonchev–Trinajstić information content (AvgIpc) is 3.19. The number of hydrogen-bond donors (Lipinski definition) is 2. The number of carbonyl (C=O) groups is 2. The van der Waals surface area contributed by atoms with E-state index in [0.29, 0.717) is 12.2 Å². The number of benzene rings is 1. The highest BCUT2D eigenvalue weighted by Crippen LogP contribution is 2.28. The first-order chi connectivity index (χ1) is 12.0. The van der Waals surface area contributed by atoms with E-state index in [1.54, 1.807) is 30.4 Å². The molecule has 2 atom stereocenters. The van der Waals surface area contributed by atoms with Gasteiger partial charge in [0, 0.05) is 4.88 Å². The second-order valence-electron chi connectivity index (χ2n) is 6.09. The second kappa shape index (κ2) is 7.35. The van der Waals surface area contributed by atoms with Gasteiger partial charge in [-0.3, -0.25) is 9.69 Å². The van der Waals surface area contributed by atoms with E-state index >= 15 is 0 Å². The van der Waals surface area contributed by atoms with Crippen LogP contribution in [-0.2, 0) is 21.7 Å². The van der Waals surface area contributed by atoms with Crippen molar-refractivity contribution in [2.45, 2.75) is 25.2 Å². The number of thiophene rings is 1. The predicted molar refractivity (Wildman–Crippen MR) is 94.0 cm³/mol. The van der Waals surface area contributed by atoms with E-state index in [0.717, 1.165) is 9.78 Å². The third-order valence-corrected chi connectivity index (χ3v) is 5.00. The first-order valence-corrected chi connectivity index (χ1v) is 8.86. The number of nitrogens with one attached hydrogen (secondary N) is 1. The molecule has 0 spiro atoms. The van der Waals surface area contributed by atoms with Crippen molar-refractivity contribution < 1.29 is 19.4 Å². The Hall–Kier alpha value is -2.22. The monoisotopic (exact) mass is 360 g/mol. The number of amides is 3. The lowest BCUT2D eigenvalue weighted by Crippen LogP contribution is -2.42. The molecule has 132 valence electrons. The van der Waals surface area contributed by atoms with Gasteiger partial charge in [-0.25, -0.2) is 4.79 Å². The third kappa shape index (κ3) is 3.73. The molecule has 0 bridgehead atoms. The Balaban J connectivity index is 1.59. The van der Waals surface area contributed by atoms with E-state index in [9.17, 15) is 14.7 Å². The van der Waals surface area contributed by atoms with E-state index in [1.165, 1.54) is 0 Å². The van der Waals surface area contributed by atoms with Crippen LogP contribution in [0.4, 0.5) is 4.79 Å². The van der Waals surface area contributed by atoms with Crippen LogP contribution >= 0.6 is 11.3 Å². The number of nitrogens with zero attached hydrogens (tertiary/aromatic N) is 1. The minimum absolute atomic E-state index is 0.0526. The largest absolute Gasteiger partial charge is 0.389 e. The molecule has 1 aromatic heterocycles. The van der Waals surface area contributed by atoms with Crippen LogP contribution in [0.25, 0.3) is 0 Å². The third-order valence-electron chi connectivity index (χ3n) is 4.15. The zero-order chi connectivity index (χ0) is 17.9. The normalized spacial score (nSPS) is 21.4. The van der Waals surface area contributed by atoms with Gasteiger partial charge in [-0.15, -0.1) is 11.3 Å². The van der Waals surface area contributed by atoms with Gasteiger partial charge < -0.3 is 15.2 Å². The molecular weight excluding hydrogens is 340 g/mol. The standard InChI is InChI=1S/C18H20N2O4S/c1-18(13-6-3-2-4-7-13)16(22)20(17(23)19-18)10-14(21)11-24-12-15-8-5-9-25-15/h2-9,14,21H,10-12H2,1H3,(H,19,23). The molecule has 1 saturated heterocycles. The number of ether oxygens (including phenoxy) is 1. The first kappa shape index (κ1) is 17.6. The van der Waals surface area contributed by atoms with Crippen LogP contribution < -0.4 is 5.32 Å². The van der Waals surface area contributed by atoms with Crippen molar-refractivity contribution in [3.8, 4) is 0 Å². The maximum Gasteiger partial charge on any atom is 0.325 e. The Kier molecular flexibility index (Phi) is 5.17. The summed E-state index contributed by atoms with van der Waals surface area (Å²) in [6.07, 6.45) is -0.937. The summed E-state index contributed by atoms with van der Waals surface area (Å²) in [7, 11) is 0. The Bertz CT molecular complexity index is 735. The van der Waals surface area contributed by atoms with Gasteiger partial charge in [0.05, 0.1) is 25.9 Å². The molecule has 2 aromatic rings. The maximum absolute atomic E-state index is 12.7. The molecule has 7 heteroatoms. The van der Waals surface area contributed by atoms with Gasteiger partial charge in [0.1, 0.15) is 5.54 Å². The van der Waals surface area contributed by atoms with E-state index in [1.807, 2.05) is 35.7 Å². The Morgan fingerprint density at radius 3 is 2.68 bits per heavy atom. The zero-order valence-corrected chi connectivity index (χ0v) is 14.7. The summed E-state index contributed by atoms with van der Waals surface area (Å²) in [4.78, 5) is 27.0. The van der Waals surface area contributed by atoms with Crippen LogP contribution in [0, 0.1) is 0 Å². The molecule has 1 fully saturated rings. The molecule has 6 nitrogen and oxygen atoms in total. The van der Waals surface area contributed by atoms with E-state index < -0.39 is 17.7 Å². The van der Waals surface area contributed by atoms with Crippen molar-refractivity contribution in [2.24, 2.45) is 0 Å².